The third kappa shape index (κ3) is 5.17. The van der Waals surface area contributed by atoms with Gasteiger partial charge in [0.05, 0.1) is 18.5 Å². The minimum absolute atomic E-state index is 0.379. The van der Waals surface area contributed by atoms with Crippen LogP contribution in [0.5, 0.6) is 0 Å². The van der Waals surface area contributed by atoms with Crippen molar-refractivity contribution in [3.63, 3.8) is 0 Å². The van der Waals surface area contributed by atoms with Crippen molar-refractivity contribution < 1.29 is 4.74 Å². The quantitative estimate of drug-likeness (QED) is 0.400. The molecule has 1 rings (SSSR count). The molecule has 0 aromatic carbocycles. The SMILES string of the molecule is CCCCCC(CC1CCCO1)N=CN. The number of nitrogens with zero attached hydrogens (tertiary/aromatic N) is 1. The van der Waals surface area contributed by atoms with Crippen LogP contribution in [0.2, 0.25) is 0 Å². The van der Waals surface area contributed by atoms with Crippen molar-refractivity contribution in [1.82, 2.24) is 0 Å². The van der Waals surface area contributed by atoms with Crippen molar-refractivity contribution in [2.24, 2.45) is 10.7 Å². The molecule has 0 spiro atoms. The molecule has 0 radical (unpaired) electrons. The standard InChI is InChI=1S/C12H24N2O/c1-2-3-4-6-11(14-10-13)9-12-7-5-8-15-12/h10-12H,2-9H2,1H3,(H2,13,14). The fourth-order valence-electron chi connectivity index (χ4n) is 2.14. The Morgan fingerprint density at radius 3 is 3.00 bits per heavy atom. The molecule has 0 bridgehead atoms. The summed E-state index contributed by atoms with van der Waals surface area (Å²) in [4.78, 5) is 4.33. The first-order chi connectivity index (χ1) is 7.36. The summed E-state index contributed by atoms with van der Waals surface area (Å²) in [6.07, 6.45) is 10.3. The first-order valence-electron chi connectivity index (χ1n) is 6.21. The summed E-state index contributed by atoms with van der Waals surface area (Å²) in [5.41, 5.74) is 5.38. The van der Waals surface area contributed by atoms with Crippen LogP contribution in [0.25, 0.3) is 0 Å². The van der Waals surface area contributed by atoms with Crippen LogP contribution in [-0.2, 0) is 4.74 Å². The maximum Gasteiger partial charge on any atom is 0.0801 e. The predicted octanol–water partition coefficient (Wildman–Crippen LogP) is 2.49. The normalized spacial score (nSPS) is 23.7. The van der Waals surface area contributed by atoms with E-state index in [1.807, 2.05) is 0 Å². The van der Waals surface area contributed by atoms with E-state index in [2.05, 4.69) is 11.9 Å². The first-order valence-corrected chi connectivity index (χ1v) is 6.21. The van der Waals surface area contributed by atoms with Crippen LogP contribution in [0.15, 0.2) is 4.99 Å². The minimum Gasteiger partial charge on any atom is -0.390 e. The number of hydrogen-bond donors (Lipinski definition) is 1. The van der Waals surface area contributed by atoms with Gasteiger partial charge in [-0.05, 0) is 25.7 Å². The molecule has 88 valence electrons. The highest BCUT2D eigenvalue weighted by molar-refractivity contribution is 5.51. The smallest absolute Gasteiger partial charge is 0.0801 e. The Kier molecular flexibility index (Phi) is 6.41. The molecule has 1 heterocycles. The van der Waals surface area contributed by atoms with Crippen molar-refractivity contribution in [3.8, 4) is 0 Å². The van der Waals surface area contributed by atoms with Crippen molar-refractivity contribution in [3.05, 3.63) is 0 Å². The van der Waals surface area contributed by atoms with Gasteiger partial charge in [-0.3, -0.25) is 4.99 Å². The fourth-order valence-corrected chi connectivity index (χ4v) is 2.14. The van der Waals surface area contributed by atoms with Gasteiger partial charge in [0.25, 0.3) is 0 Å². The lowest BCUT2D eigenvalue weighted by molar-refractivity contribution is 0.0975. The number of aliphatic imine (C=N–C) groups is 1. The zero-order valence-electron chi connectivity index (χ0n) is 9.82. The van der Waals surface area contributed by atoms with Crippen LogP contribution in [0.4, 0.5) is 0 Å². The highest BCUT2D eigenvalue weighted by Gasteiger charge is 2.19. The fraction of sp³-hybridized carbons (Fsp3) is 0.917. The van der Waals surface area contributed by atoms with Gasteiger partial charge in [0, 0.05) is 6.61 Å². The van der Waals surface area contributed by atoms with E-state index in [0.717, 1.165) is 19.4 Å². The molecule has 15 heavy (non-hydrogen) atoms. The molecule has 0 amide bonds. The molecule has 2 atom stereocenters. The molecular weight excluding hydrogens is 188 g/mol. The van der Waals surface area contributed by atoms with Gasteiger partial charge in [-0.1, -0.05) is 26.2 Å². The number of rotatable bonds is 7. The second kappa shape index (κ2) is 7.69. The second-order valence-electron chi connectivity index (χ2n) is 4.32. The van der Waals surface area contributed by atoms with Gasteiger partial charge in [-0.15, -0.1) is 0 Å². The number of nitrogens with two attached hydrogens (primary N) is 1. The van der Waals surface area contributed by atoms with E-state index in [1.165, 1.54) is 38.4 Å². The first kappa shape index (κ1) is 12.5. The van der Waals surface area contributed by atoms with Gasteiger partial charge >= 0.3 is 0 Å². The van der Waals surface area contributed by atoms with Gasteiger partial charge < -0.3 is 10.5 Å². The van der Waals surface area contributed by atoms with Gasteiger partial charge in [-0.25, -0.2) is 0 Å². The van der Waals surface area contributed by atoms with Gasteiger partial charge in [0.15, 0.2) is 0 Å². The third-order valence-corrected chi connectivity index (χ3v) is 3.00. The Balaban J connectivity index is 2.22. The van der Waals surface area contributed by atoms with Gasteiger partial charge in [0.2, 0.25) is 0 Å². The van der Waals surface area contributed by atoms with Crippen LogP contribution in [0.1, 0.15) is 51.9 Å². The van der Waals surface area contributed by atoms with Crippen molar-refractivity contribution in [2.45, 2.75) is 64.0 Å². The predicted molar refractivity (Wildman–Crippen MR) is 64.2 cm³/mol. The third-order valence-electron chi connectivity index (χ3n) is 3.00. The van der Waals surface area contributed by atoms with Gasteiger partial charge in [-0.2, -0.15) is 0 Å². The molecule has 0 aromatic heterocycles. The van der Waals surface area contributed by atoms with Crippen LogP contribution < -0.4 is 5.73 Å². The summed E-state index contributed by atoms with van der Waals surface area (Å²) in [6.45, 7) is 3.15. The minimum atomic E-state index is 0.379. The summed E-state index contributed by atoms with van der Waals surface area (Å²) < 4.78 is 5.62. The van der Waals surface area contributed by atoms with E-state index in [9.17, 15) is 0 Å². The lowest BCUT2D eigenvalue weighted by Gasteiger charge is -2.16. The maximum atomic E-state index is 5.62. The highest BCUT2D eigenvalue weighted by Crippen LogP contribution is 2.20. The topological polar surface area (TPSA) is 47.6 Å². The Labute approximate surface area is 93.1 Å². The molecule has 3 heteroatoms. The lowest BCUT2D eigenvalue weighted by atomic mass is 10.0. The Morgan fingerprint density at radius 2 is 2.40 bits per heavy atom. The summed E-state index contributed by atoms with van der Waals surface area (Å²) in [5.74, 6) is 0. The van der Waals surface area contributed by atoms with Crippen LogP contribution in [0.3, 0.4) is 0 Å². The number of ether oxygens (including phenoxy) is 1. The highest BCUT2D eigenvalue weighted by atomic mass is 16.5. The molecule has 1 aliphatic rings. The molecule has 0 aliphatic carbocycles. The molecule has 0 aromatic rings. The average molecular weight is 212 g/mol. The van der Waals surface area contributed by atoms with Gasteiger partial charge in [0.1, 0.15) is 0 Å². The van der Waals surface area contributed by atoms with E-state index < -0.39 is 0 Å². The Hall–Kier alpha value is -0.570. The number of hydrogen-bond acceptors (Lipinski definition) is 2. The second-order valence-corrected chi connectivity index (χ2v) is 4.32. The molecule has 2 unspecified atom stereocenters. The van der Waals surface area contributed by atoms with E-state index in [4.69, 9.17) is 10.5 Å². The largest absolute Gasteiger partial charge is 0.390 e. The molecule has 1 saturated heterocycles. The summed E-state index contributed by atoms with van der Waals surface area (Å²) in [6, 6.07) is 0.379. The van der Waals surface area contributed by atoms with E-state index >= 15 is 0 Å². The number of unbranched alkanes of at least 4 members (excludes halogenated alkanes) is 2. The lowest BCUT2D eigenvalue weighted by Crippen LogP contribution is -2.16. The molecule has 1 aliphatic heterocycles. The molecule has 3 nitrogen and oxygen atoms in total. The average Bonchev–Trinajstić information content (AvgIpc) is 2.71. The monoisotopic (exact) mass is 212 g/mol. The van der Waals surface area contributed by atoms with Crippen molar-refractivity contribution in [1.29, 1.82) is 0 Å². The van der Waals surface area contributed by atoms with E-state index in [1.54, 1.807) is 0 Å². The van der Waals surface area contributed by atoms with Crippen LogP contribution >= 0.6 is 0 Å². The molecule has 1 fully saturated rings. The van der Waals surface area contributed by atoms with Crippen molar-refractivity contribution >= 4 is 6.34 Å². The van der Waals surface area contributed by atoms with E-state index in [0.29, 0.717) is 12.1 Å². The van der Waals surface area contributed by atoms with Crippen LogP contribution in [0, 0.1) is 0 Å². The zero-order valence-corrected chi connectivity index (χ0v) is 9.82. The van der Waals surface area contributed by atoms with E-state index in [-0.39, 0.29) is 0 Å². The molecule has 0 saturated carbocycles. The molecule has 2 N–H and O–H groups in total. The Bertz CT molecular complexity index is 176. The zero-order chi connectivity index (χ0) is 10.9. The molecular formula is C12H24N2O. The maximum absolute atomic E-state index is 5.62. The summed E-state index contributed by atoms with van der Waals surface area (Å²) >= 11 is 0. The summed E-state index contributed by atoms with van der Waals surface area (Å²) in [7, 11) is 0. The summed E-state index contributed by atoms with van der Waals surface area (Å²) in [5, 5.41) is 0. The van der Waals surface area contributed by atoms with Crippen molar-refractivity contribution in [2.75, 3.05) is 6.61 Å². The Morgan fingerprint density at radius 1 is 1.53 bits per heavy atom. The van der Waals surface area contributed by atoms with Crippen LogP contribution in [-0.4, -0.2) is 25.1 Å².